The summed E-state index contributed by atoms with van der Waals surface area (Å²) in [6.07, 6.45) is -2.17. The molecule has 0 atom stereocenters. The van der Waals surface area contributed by atoms with Crippen molar-refractivity contribution in [1.82, 2.24) is 4.72 Å². The van der Waals surface area contributed by atoms with Crippen LogP contribution in [0.4, 0.5) is 8.78 Å². The van der Waals surface area contributed by atoms with E-state index in [1.165, 1.54) is 0 Å². The fourth-order valence-electron chi connectivity index (χ4n) is 0.759. The summed E-state index contributed by atoms with van der Waals surface area (Å²) in [6.45, 7) is -0.745. The van der Waals surface area contributed by atoms with Gasteiger partial charge < -0.3 is 4.74 Å². The second kappa shape index (κ2) is 8.20. The maximum Gasteiger partial charge on any atom is 0.261 e. The maximum atomic E-state index is 11.6. The van der Waals surface area contributed by atoms with Gasteiger partial charge in [-0.05, 0) is 6.42 Å². The van der Waals surface area contributed by atoms with Crippen LogP contribution in [0.3, 0.4) is 0 Å². The molecular formula is C7H14ClF2NO3S. The van der Waals surface area contributed by atoms with Crippen molar-refractivity contribution in [2.24, 2.45) is 0 Å². The lowest BCUT2D eigenvalue weighted by atomic mass is 10.6. The Morgan fingerprint density at radius 2 is 2.07 bits per heavy atom. The molecule has 8 heteroatoms. The summed E-state index contributed by atoms with van der Waals surface area (Å²) < 4.78 is 52.1. The van der Waals surface area contributed by atoms with Crippen LogP contribution in [-0.4, -0.2) is 46.2 Å². The summed E-state index contributed by atoms with van der Waals surface area (Å²) in [5, 5.41) is 0. The molecule has 0 aliphatic carbocycles. The zero-order valence-electron chi connectivity index (χ0n) is 8.09. The van der Waals surface area contributed by atoms with Gasteiger partial charge in [-0.2, -0.15) is 0 Å². The highest BCUT2D eigenvalue weighted by molar-refractivity contribution is 7.89. The molecule has 0 saturated carbocycles. The van der Waals surface area contributed by atoms with Gasteiger partial charge >= 0.3 is 0 Å². The predicted molar refractivity (Wildman–Crippen MR) is 53.9 cm³/mol. The minimum Gasteiger partial charge on any atom is -0.374 e. The molecule has 4 nitrogen and oxygen atoms in total. The highest BCUT2D eigenvalue weighted by Gasteiger charge is 2.08. The summed E-state index contributed by atoms with van der Waals surface area (Å²) in [4.78, 5) is 0. The Kier molecular flexibility index (Phi) is 8.22. The van der Waals surface area contributed by atoms with E-state index in [2.05, 4.69) is 9.46 Å². The Bertz CT molecular complexity index is 249. The molecule has 1 N–H and O–H groups in total. The lowest BCUT2D eigenvalue weighted by molar-refractivity contribution is 0.0199. The third-order valence-electron chi connectivity index (χ3n) is 1.36. The van der Waals surface area contributed by atoms with Crippen molar-refractivity contribution in [3.05, 3.63) is 0 Å². The Hall–Kier alpha value is 0.0200. The first-order valence-corrected chi connectivity index (χ1v) is 6.56. The van der Waals surface area contributed by atoms with Crippen LogP contribution in [0.25, 0.3) is 0 Å². The molecule has 15 heavy (non-hydrogen) atoms. The second-order valence-corrected chi connectivity index (χ2v) is 5.03. The molecule has 0 aromatic heterocycles. The van der Waals surface area contributed by atoms with E-state index in [4.69, 9.17) is 11.6 Å². The van der Waals surface area contributed by atoms with Crippen LogP contribution in [0.2, 0.25) is 0 Å². The van der Waals surface area contributed by atoms with E-state index in [-0.39, 0.29) is 24.8 Å². The van der Waals surface area contributed by atoms with Crippen molar-refractivity contribution in [2.75, 3.05) is 31.4 Å². The SMILES string of the molecule is O=S(=O)(CCCCl)NCCOCC(F)F. The quantitative estimate of drug-likeness (QED) is 0.496. The van der Waals surface area contributed by atoms with E-state index in [0.29, 0.717) is 6.42 Å². The molecule has 0 radical (unpaired) electrons. The third kappa shape index (κ3) is 10.3. The van der Waals surface area contributed by atoms with Gasteiger partial charge in [0.25, 0.3) is 6.43 Å². The van der Waals surface area contributed by atoms with Crippen LogP contribution in [0.5, 0.6) is 0 Å². The van der Waals surface area contributed by atoms with Crippen molar-refractivity contribution in [1.29, 1.82) is 0 Å². The number of alkyl halides is 3. The van der Waals surface area contributed by atoms with Crippen molar-refractivity contribution in [3.63, 3.8) is 0 Å². The molecule has 0 fully saturated rings. The number of sulfonamides is 1. The molecule has 0 rings (SSSR count). The zero-order valence-corrected chi connectivity index (χ0v) is 9.66. The molecule has 92 valence electrons. The molecule has 0 heterocycles. The summed E-state index contributed by atoms with van der Waals surface area (Å²) in [5.41, 5.74) is 0. The van der Waals surface area contributed by atoms with Crippen molar-refractivity contribution in [3.8, 4) is 0 Å². The smallest absolute Gasteiger partial charge is 0.261 e. The molecule has 0 amide bonds. The summed E-state index contributed by atoms with van der Waals surface area (Å²) in [5.74, 6) is 0.203. The minimum atomic E-state index is -3.35. The van der Waals surface area contributed by atoms with Gasteiger partial charge in [0, 0.05) is 12.4 Å². The lowest BCUT2D eigenvalue weighted by Gasteiger charge is -2.06. The van der Waals surface area contributed by atoms with Crippen molar-refractivity contribution < 1.29 is 21.9 Å². The van der Waals surface area contributed by atoms with E-state index in [1.54, 1.807) is 0 Å². The first kappa shape index (κ1) is 15.0. The normalized spacial score (nSPS) is 12.3. The molecule has 0 unspecified atom stereocenters. The minimum absolute atomic E-state index is 0.00264. The molecule has 0 aromatic carbocycles. The number of nitrogens with one attached hydrogen (secondary N) is 1. The number of hydrogen-bond donors (Lipinski definition) is 1. The Balaban J connectivity index is 3.49. The van der Waals surface area contributed by atoms with Crippen molar-refractivity contribution in [2.45, 2.75) is 12.8 Å². The Labute approximate surface area is 93.0 Å². The molecule has 0 bridgehead atoms. The molecule has 0 aliphatic rings. The van der Waals surface area contributed by atoms with Crippen LogP contribution in [0, 0.1) is 0 Å². The monoisotopic (exact) mass is 265 g/mol. The van der Waals surface area contributed by atoms with E-state index in [0.717, 1.165) is 0 Å². The van der Waals surface area contributed by atoms with E-state index in [9.17, 15) is 17.2 Å². The van der Waals surface area contributed by atoms with E-state index >= 15 is 0 Å². The number of hydrogen-bond acceptors (Lipinski definition) is 3. The summed E-state index contributed by atoms with van der Waals surface area (Å²) in [6, 6.07) is 0. The van der Waals surface area contributed by atoms with Crippen molar-refractivity contribution >= 4 is 21.6 Å². The Morgan fingerprint density at radius 1 is 1.40 bits per heavy atom. The topological polar surface area (TPSA) is 55.4 Å². The molecule has 0 saturated heterocycles. The maximum absolute atomic E-state index is 11.6. The summed E-state index contributed by atoms with van der Waals surface area (Å²) in [7, 11) is -3.35. The summed E-state index contributed by atoms with van der Waals surface area (Å²) >= 11 is 5.33. The van der Waals surface area contributed by atoms with Crippen LogP contribution >= 0.6 is 11.6 Å². The lowest BCUT2D eigenvalue weighted by Crippen LogP contribution is -2.30. The second-order valence-electron chi connectivity index (χ2n) is 2.72. The Morgan fingerprint density at radius 3 is 2.60 bits per heavy atom. The standard InChI is InChI=1S/C7H14ClF2NO3S/c8-2-1-5-15(12,13)11-3-4-14-6-7(9)10/h7,11H,1-6H2. The average molecular weight is 266 g/mol. The third-order valence-corrected chi connectivity index (χ3v) is 3.10. The van der Waals surface area contributed by atoms with Gasteiger partial charge in [0.15, 0.2) is 0 Å². The van der Waals surface area contributed by atoms with Crippen LogP contribution < -0.4 is 4.72 Å². The first-order chi connectivity index (χ1) is 6.98. The molecule has 0 aliphatic heterocycles. The molecule has 0 aromatic rings. The largest absolute Gasteiger partial charge is 0.374 e. The fraction of sp³-hybridized carbons (Fsp3) is 1.00. The highest BCUT2D eigenvalue weighted by Crippen LogP contribution is 1.93. The highest BCUT2D eigenvalue weighted by atomic mass is 35.5. The fourth-order valence-corrected chi connectivity index (χ4v) is 2.11. The van der Waals surface area contributed by atoms with E-state index < -0.39 is 23.1 Å². The van der Waals surface area contributed by atoms with Crippen LogP contribution in [-0.2, 0) is 14.8 Å². The van der Waals surface area contributed by atoms with Gasteiger partial charge in [0.2, 0.25) is 10.0 Å². The van der Waals surface area contributed by atoms with Gasteiger partial charge in [0.1, 0.15) is 6.61 Å². The first-order valence-electron chi connectivity index (χ1n) is 4.37. The van der Waals surface area contributed by atoms with Crippen LogP contribution in [0.1, 0.15) is 6.42 Å². The van der Waals surface area contributed by atoms with Gasteiger partial charge in [-0.25, -0.2) is 21.9 Å². The number of halogens is 3. The predicted octanol–water partition coefficient (Wildman–Crippen LogP) is 0.816. The molecule has 0 spiro atoms. The van der Waals surface area contributed by atoms with Gasteiger partial charge in [-0.1, -0.05) is 0 Å². The van der Waals surface area contributed by atoms with Crippen LogP contribution in [0.15, 0.2) is 0 Å². The number of rotatable bonds is 9. The van der Waals surface area contributed by atoms with Gasteiger partial charge in [0.05, 0.1) is 12.4 Å². The zero-order chi connectivity index (χ0) is 11.7. The molecular weight excluding hydrogens is 252 g/mol. The van der Waals surface area contributed by atoms with Gasteiger partial charge in [-0.3, -0.25) is 0 Å². The van der Waals surface area contributed by atoms with E-state index in [1.807, 2.05) is 0 Å². The average Bonchev–Trinajstić information content (AvgIpc) is 2.14. The van der Waals surface area contributed by atoms with Gasteiger partial charge in [-0.15, -0.1) is 11.6 Å². The number of ether oxygens (including phenoxy) is 1.